The van der Waals surface area contributed by atoms with E-state index in [1.54, 1.807) is 19.3 Å². The molecule has 0 saturated carbocycles. The van der Waals surface area contributed by atoms with E-state index in [1.165, 1.54) is 30.3 Å². The normalized spacial score (nSPS) is 11.7. The summed E-state index contributed by atoms with van der Waals surface area (Å²) >= 11 is 0. The smallest absolute Gasteiger partial charge is 0.185 e. The van der Waals surface area contributed by atoms with E-state index in [4.69, 9.17) is 9.47 Å². The van der Waals surface area contributed by atoms with Crippen LogP contribution in [0.4, 0.5) is 0 Å². The summed E-state index contributed by atoms with van der Waals surface area (Å²) in [5.74, 6) is 0.927. The van der Waals surface area contributed by atoms with Crippen molar-refractivity contribution in [3.05, 3.63) is 59.7 Å². The fraction of sp³-hybridized carbons (Fsp3) is 0.250. The zero-order valence-electron chi connectivity index (χ0n) is 15.2. The van der Waals surface area contributed by atoms with Gasteiger partial charge in [0.05, 0.1) is 18.1 Å². The Morgan fingerprint density at radius 3 is 2.27 bits per heavy atom. The number of hydrogen-bond donors (Lipinski definition) is 0. The van der Waals surface area contributed by atoms with Crippen LogP contribution in [0.2, 0.25) is 0 Å². The SMILES string of the molecule is COc1cccc(/C=C/C(=O)c2ccc(S(C)(=O)=O)cc2)c1OC(C)C. The number of methoxy groups -OCH3 is 1. The van der Waals surface area contributed by atoms with Crippen molar-refractivity contribution in [3.8, 4) is 11.5 Å². The Bertz CT molecular complexity index is 910. The maximum absolute atomic E-state index is 12.4. The first-order valence-electron chi connectivity index (χ1n) is 8.08. The molecule has 0 N–H and O–H groups in total. The predicted molar refractivity (Wildman–Crippen MR) is 102 cm³/mol. The second-order valence-corrected chi connectivity index (χ2v) is 8.06. The number of ketones is 1. The van der Waals surface area contributed by atoms with Crippen molar-refractivity contribution in [1.82, 2.24) is 0 Å². The van der Waals surface area contributed by atoms with Crippen LogP contribution in [0.15, 0.2) is 53.4 Å². The lowest BCUT2D eigenvalue weighted by molar-refractivity contribution is 0.104. The van der Waals surface area contributed by atoms with Gasteiger partial charge in [-0.25, -0.2) is 8.42 Å². The highest BCUT2D eigenvalue weighted by molar-refractivity contribution is 7.90. The molecule has 5 nitrogen and oxygen atoms in total. The Balaban J connectivity index is 2.28. The van der Waals surface area contributed by atoms with Gasteiger partial charge in [-0.2, -0.15) is 0 Å². The van der Waals surface area contributed by atoms with Crippen LogP contribution in [-0.4, -0.2) is 33.7 Å². The number of carbonyl (C=O) groups is 1. The van der Waals surface area contributed by atoms with Crippen LogP contribution < -0.4 is 9.47 Å². The molecule has 0 aliphatic rings. The quantitative estimate of drug-likeness (QED) is 0.545. The Morgan fingerprint density at radius 1 is 1.08 bits per heavy atom. The number of para-hydroxylation sites is 1. The van der Waals surface area contributed by atoms with Gasteiger partial charge in [-0.15, -0.1) is 0 Å². The third-order valence-corrected chi connectivity index (χ3v) is 4.69. The summed E-state index contributed by atoms with van der Waals surface area (Å²) in [6, 6.07) is 11.3. The summed E-state index contributed by atoms with van der Waals surface area (Å²) in [5, 5.41) is 0. The minimum atomic E-state index is -3.29. The van der Waals surface area contributed by atoms with Crippen molar-refractivity contribution in [3.63, 3.8) is 0 Å². The van der Waals surface area contributed by atoms with E-state index in [1.807, 2.05) is 26.0 Å². The van der Waals surface area contributed by atoms with Gasteiger partial charge in [-0.05, 0) is 56.3 Å². The molecule has 2 rings (SSSR count). The Kier molecular flexibility index (Phi) is 6.21. The van der Waals surface area contributed by atoms with Crippen LogP contribution in [0.1, 0.15) is 29.8 Å². The molecule has 0 amide bonds. The first kappa shape index (κ1) is 19.7. The monoisotopic (exact) mass is 374 g/mol. The number of hydrogen-bond acceptors (Lipinski definition) is 5. The lowest BCUT2D eigenvalue weighted by Crippen LogP contribution is -2.08. The van der Waals surface area contributed by atoms with Gasteiger partial charge >= 0.3 is 0 Å². The van der Waals surface area contributed by atoms with Crippen LogP contribution in [0.3, 0.4) is 0 Å². The molecular weight excluding hydrogens is 352 g/mol. The van der Waals surface area contributed by atoms with Crippen molar-refractivity contribution in [1.29, 1.82) is 0 Å². The molecule has 0 fully saturated rings. The van der Waals surface area contributed by atoms with E-state index in [2.05, 4.69) is 0 Å². The molecule has 0 aliphatic heterocycles. The summed E-state index contributed by atoms with van der Waals surface area (Å²) in [7, 11) is -1.73. The van der Waals surface area contributed by atoms with E-state index in [9.17, 15) is 13.2 Å². The molecule has 0 spiro atoms. The van der Waals surface area contributed by atoms with Gasteiger partial charge in [0.25, 0.3) is 0 Å². The van der Waals surface area contributed by atoms with Gasteiger partial charge in [0.15, 0.2) is 27.1 Å². The molecule has 0 saturated heterocycles. The zero-order valence-corrected chi connectivity index (χ0v) is 16.0. The van der Waals surface area contributed by atoms with Crippen molar-refractivity contribution in [2.24, 2.45) is 0 Å². The fourth-order valence-electron chi connectivity index (χ4n) is 2.31. The van der Waals surface area contributed by atoms with Crippen molar-refractivity contribution >= 4 is 21.7 Å². The number of sulfone groups is 1. The molecule has 138 valence electrons. The highest BCUT2D eigenvalue weighted by atomic mass is 32.2. The first-order valence-corrected chi connectivity index (χ1v) is 9.97. The lowest BCUT2D eigenvalue weighted by atomic mass is 10.1. The van der Waals surface area contributed by atoms with Gasteiger partial charge in [-0.1, -0.05) is 12.1 Å². The van der Waals surface area contributed by atoms with Crippen LogP contribution >= 0.6 is 0 Å². The van der Waals surface area contributed by atoms with Crippen molar-refractivity contribution in [2.45, 2.75) is 24.8 Å². The number of allylic oxidation sites excluding steroid dienone is 1. The van der Waals surface area contributed by atoms with Crippen LogP contribution in [-0.2, 0) is 9.84 Å². The Hall–Kier alpha value is -2.60. The second-order valence-electron chi connectivity index (χ2n) is 6.04. The minimum absolute atomic E-state index is 0.0438. The van der Waals surface area contributed by atoms with Gasteiger partial charge < -0.3 is 9.47 Å². The molecule has 26 heavy (non-hydrogen) atoms. The maximum atomic E-state index is 12.4. The molecule has 0 heterocycles. The molecule has 0 unspecified atom stereocenters. The molecule has 0 bridgehead atoms. The largest absolute Gasteiger partial charge is 0.493 e. The summed E-state index contributed by atoms with van der Waals surface area (Å²) in [4.78, 5) is 12.5. The van der Waals surface area contributed by atoms with Crippen LogP contribution in [0, 0.1) is 0 Å². The Morgan fingerprint density at radius 2 is 1.73 bits per heavy atom. The summed E-state index contributed by atoms with van der Waals surface area (Å²) in [6.07, 6.45) is 4.17. The summed E-state index contributed by atoms with van der Waals surface area (Å²) < 4.78 is 34.1. The van der Waals surface area contributed by atoms with E-state index < -0.39 is 9.84 Å². The molecule has 0 atom stereocenters. The average molecular weight is 374 g/mol. The van der Waals surface area contributed by atoms with E-state index in [0.29, 0.717) is 17.1 Å². The van der Waals surface area contributed by atoms with E-state index in [-0.39, 0.29) is 16.8 Å². The standard InChI is InChI=1S/C20H22O5S/c1-14(2)25-20-16(6-5-7-19(20)24-3)10-13-18(21)15-8-11-17(12-9-15)26(4,22)23/h5-14H,1-4H3/b13-10+. The van der Waals surface area contributed by atoms with E-state index in [0.717, 1.165) is 11.8 Å². The van der Waals surface area contributed by atoms with E-state index >= 15 is 0 Å². The lowest BCUT2D eigenvalue weighted by Gasteiger charge is -2.15. The Labute approximate surface area is 154 Å². The first-order chi connectivity index (χ1) is 12.2. The average Bonchev–Trinajstić information content (AvgIpc) is 2.59. The highest BCUT2D eigenvalue weighted by Gasteiger charge is 2.12. The van der Waals surface area contributed by atoms with Crippen molar-refractivity contribution < 1.29 is 22.7 Å². The fourth-order valence-corrected chi connectivity index (χ4v) is 2.95. The van der Waals surface area contributed by atoms with Crippen LogP contribution in [0.5, 0.6) is 11.5 Å². The van der Waals surface area contributed by atoms with Gasteiger partial charge in [-0.3, -0.25) is 4.79 Å². The maximum Gasteiger partial charge on any atom is 0.185 e. The molecule has 0 aromatic heterocycles. The molecule has 0 aliphatic carbocycles. The molecule has 6 heteroatoms. The van der Waals surface area contributed by atoms with Gasteiger partial charge in [0.2, 0.25) is 0 Å². The summed E-state index contributed by atoms with van der Waals surface area (Å²) in [6.45, 7) is 3.82. The number of benzene rings is 2. The molecule has 2 aromatic rings. The molecular formula is C20H22O5S. The third kappa shape index (κ3) is 4.95. The summed E-state index contributed by atoms with van der Waals surface area (Å²) in [5.41, 5.74) is 1.13. The third-order valence-electron chi connectivity index (χ3n) is 3.56. The predicted octanol–water partition coefficient (Wildman–Crippen LogP) is 3.78. The second kappa shape index (κ2) is 8.19. The van der Waals surface area contributed by atoms with Crippen LogP contribution in [0.25, 0.3) is 6.08 Å². The van der Waals surface area contributed by atoms with Crippen molar-refractivity contribution in [2.75, 3.05) is 13.4 Å². The number of ether oxygens (including phenoxy) is 2. The zero-order chi connectivity index (χ0) is 19.3. The number of rotatable bonds is 7. The highest BCUT2D eigenvalue weighted by Crippen LogP contribution is 2.33. The topological polar surface area (TPSA) is 69.7 Å². The van der Waals surface area contributed by atoms with Gasteiger partial charge in [0.1, 0.15) is 0 Å². The molecule has 2 aromatic carbocycles. The number of carbonyl (C=O) groups excluding carboxylic acids is 1. The van der Waals surface area contributed by atoms with Gasteiger partial charge in [0, 0.05) is 17.4 Å². The molecule has 0 radical (unpaired) electrons. The minimum Gasteiger partial charge on any atom is -0.493 e.